The molecule has 0 spiro atoms. The van der Waals surface area contributed by atoms with Gasteiger partial charge in [0.2, 0.25) is 0 Å². The van der Waals surface area contributed by atoms with E-state index in [2.05, 4.69) is 29.3 Å². The molecule has 1 fully saturated rings. The Morgan fingerprint density at radius 1 is 1.19 bits per heavy atom. The number of rotatable bonds is 7. The first-order valence-electron chi connectivity index (χ1n) is 10.5. The van der Waals surface area contributed by atoms with E-state index in [1.807, 2.05) is 25.2 Å². The van der Waals surface area contributed by atoms with Crippen LogP contribution in [-0.2, 0) is 16.7 Å². The lowest BCUT2D eigenvalue weighted by atomic mass is 9.74. The number of hydrogen-bond acceptors (Lipinski definition) is 3. The van der Waals surface area contributed by atoms with Gasteiger partial charge in [0, 0.05) is 38.8 Å². The van der Waals surface area contributed by atoms with Crippen molar-refractivity contribution < 1.29 is 13.9 Å². The van der Waals surface area contributed by atoms with Crippen LogP contribution in [0, 0.1) is 5.82 Å². The highest BCUT2D eigenvalue weighted by atomic mass is 127. The fourth-order valence-electron chi connectivity index (χ4n) is 3.89. The highest BCUT2D eigenvalue weighted by Gasteiger charge is 2.35. The van der Waals surface area contributed by atoms with Crippen LogP contribution in [0.5, 0.6) is 5.75 Å². The summed E-state index contributed by atoms with van der Waals surface area (Å²) in [4.78, 5) is 7.09. The van der Waals surface area contributed by atoms with Crippen LogP contribution < -0.4 is 10.1 Å². The van der Waals surface area contributed by atoms with Gasteiger partial charge in [0.25, 0.3) is 0 Å². The number of guanidine groups is 1. The van der Waals surface area contributed by atoms with Crippen LogP contribution in [0.25, 0.3) is 0 Å². The van der Waals surface area contributed by atoms with E-state index in [4.69, 9.17) is 14.5 Å². The molecule has 0 bridgehead atoms. The molecule has 7 heteroatoms. The van der Waals surface area contributed by atoms with Crippen molar-refractivity contribution in [3.63, 3.8) is 0 Å². The Morgan fingerprint density at radius 3 is 2.52 bits per heavy atom. The van der Waals surface area contributed by atoms with Crippen molar-refractivity contribution >= 4 is 29.9 Å². The zero-order valence-electron chi connectivity index (χ0n) is 18.6. The van der Waals surface area contributed by atoms with Crippen LogP contribution in [0.3, 0.4) is 0 Å². The van der Waals surface area contributed by atoms with Crippen LogP contribution in [0.4, 0.5) is 4.39 Å². The Balaban J connectivity index is 0.00000341. The molecule has 0 unspecified atom stereocenters. The van der Waals surface area contributed by atoms with Gasteiger partial charge in [-0.1, -0.05) is 24.3 Å². The third-order valence-electron chi connectivity index (χ3n) is 5.69. The van der Waals surface area contributed by atoms with Crippen molar-refractivity contribution in [1.29, 1.82) is 0 Å². The maximum absolute atomic E-state index is 13.9. The third-order valence-corrected chi connectivity index (χ3v) is 5.69. The van der Waals surface area contributed by atoms with Gasteiger partial charge >= 0.3 is 0 Å². The standard InChI is InChI=1S/C24H32FN3O2.HI/c1-4-26-23(28(2)17-19-8-10-22(29-3)11-9-19)27-18-24(12-14-30-15-13-24)20-6-5-7-21(25)16-20;/h5-11,16H,4,12-15,17-18H2,1-3H3,(H,26,27);1H. The minimum atomic E-state index is -0.206. The molecular weight excluding hydrogens is 508 g/mol. The highest BCUT2D eigenvalue weighted by molar-refractivity contribution is 14.0. The maximum atomic E-state index is 13.9. The van der Waals surface area contributed by atoms with Gasteiger partial charge in [0.05, 0.1) is 13.7 Å². The number of nitrogens with zero attached hydrogens (tertiary/aromatic N) is 2. The first kappa shape index (κ1) is 25.4. The van der Waals surface area contributed by atoms with Gasteiger partial charge in [-0.25, -0.2) is 4.39 Å². The van der Waals surface area contributed by atoms with E-state index in [1.165, 1.54) is 11.6 Å². The van der Waals surface area contributed by atoms with Gasteiger partial charge < -0.3 is 19.7 Å². The molecule has 2 aromatic rings. The summed E-state index contributed by atoms with van der Waals surface area (Å²) < 4.78 is 24.8. The van der Waals surface area contributed by atoms with Crippen molar-refractivity contribution in [3.8, 4) is 5.75 Å². The summed E-state index contributed by atoms with van der Waals surface area (Å²) in [5, 5.41) is 3.39. The fraction of sp³-hybridized carbons (Fsp3) is 0.458. The molecule has 0 radical (unpaired) electrons. The van der Waals surface area contributed by atoms with E-state index in [-0.39, 0.29) is 35.2 Å². The average Bonchev–Trinajstić information content (AvgIpc) is 2.77. The molecule has 0 atom stereocenters. The lowest BCUT2D eigenvalue weighted by Gasteiger charge is -2.37. The van der Waals surface area contributed by atoms with E-state index in [0.29, 0.717) is 19.8 Å². The number of methoxy groups -OCH3 is 1. The van der Waals surface area contributed by atoms with Crippen LogP contribution in [0.2, 0.25) is 0 Å². The molecule has 170 valence electrons. The molecule has 0 saturated carbocycles. The van der Waals surface area contributed by atoms with E-state index >= 15 is 0 Å². The Hall–Kier alpha value is -1.87. The minimum Gasteiger partial charge on any atom is -0.497 e. The topological polar surface area (TPSA) is 46.1 Å². The molecule has 1 saturated heterocycles. The zero-order chi connectivity index (χ0) is 21.4. The SMILES string of the molecule is CCNC(=NCC1(c2cccc(F)c2)CCOCC1)N(C)Cc1ccc(OC)cc1.I. The number of benzene rings is 2. The molecule has 3 rings (SSSR count). The average molecular weight is 541 g/mol. The van der Waals surface area contributed by atoms with Crippen molar-refractivity contribution in [3.05, 3.63) is 65.5 Å². The molecule has 0 aliphatic carbocycles. The van der Waals surface area contributed by atoms with Gasteiger partial charge in [0.1, 0.15) is 11.6 Å². The first-order valence-corrected chi connectivity index (χ1v) is 10.5. The molecule has 31 heavy (non-hydrogen) atoms. The minimum absolute atomic E-state index is 0. The Bertz CT molecular complexity index is 839. The molecule has 0 amide bonds. The Labute approximate surface area is 202 Å². The van der Waals surface area contributed by atoms with Crippen molar-refractivity contribution in [2.75, 3.05) is 40.5 Å². The molecule has 5 nitrogen and oxygen atoms in total. The van der Waals surface area contributed by atoms with Crippen molar-refractivity contribution in [2.24, 2.45) is 4.99 Å². The number of ether oxygens (including phenoxy) is 2. The molecule has 1 aliphatic heterocycles. The molecule has 1 heterocycles. The number of halogens is 2. The van der Waals surface area contributed by atoms with Crippen LogP contribution in [0.15, 0.2) is 53.5 Å². The van der Waals surface area contributed by atoms with E-state index in [1.54, 1.807) is 19.2 Å². The van der Waals surface area contributed by atoms with E-state index < -0.39 is 0 Å². The highest BCUT2D eigenvalue weighted by Crippen LogP contribution is 2.35. The second kappa shape index (κ2) is 12.2. The van der Waals surface area contributed by atoms with E-state index in [0.717, 1.165) is 43.2 Å². The van der Waals surface area contributed by atoms with Gasteiger partial charge in [-0.2, -0.15) is 0 Å². The van der Waals surface area contributed by atoms with E-state index in [9.17, 15) is 4.39 Å². The van der Waals surface area contributed by atoms with Gasteiger partial charge in [-0.15, -0.1) is 24.0 Å². The van der Waals surface area contributed by atoms with Crippen molar-refractivity contribution in [1.82, 2.24) is 10.2 Å². The molecule has 1 aliphatic rings. The fourth-order valence-corrected chi connectivity index (χ4v) is 3.89. The number of nitrogens with one attached hydrogen (secondary N) is 1. The zero-order valence-corrected chi connectivity index (χ0v) is 20.9. The normalized spacial score (nSPS) is 15.7. The molecule has 2 aromatic carbocycles. The predicted molar refractivity (Wildman–Crippen MR) is 134 cm³/mol. The van der Waals surface area contributed by atoms with Crippen LogP contribution in [-0.4, -0.2) is 51.3 Å². The summed E-state index contributed by atoms with van der Waals surface area (Å²) in [6.45, 7) is 5.50. The van der Waals surface area contributed by atoms with Gasteiger partial charge in [-0.05, 0) is 55.2 Å². The predicted octanol–water partition coefficient (Wildman–Crippen LogP) is 4.60. The quantitative estimate of drug-likeness (QED) is 0.317. The summed E-state index contributed by atoms with van der Waals surface area (Å²) in [7, 11) is 3.70. The summed E-state index contributed by atoms with van der Waals surface area (Å²) in [5.74, 6) is 1.49. The summed E-state index contributed by atoms with van der Waals surface area (Å²) >= 11 is 0. The summed E-state index contributed by atoms with van der Waals surface area (Å²) in [6, 6.07) is 15.0. The van der Waals surface area contributed by atoms with Crippen molar-refractivity contribution in [2.45, 2.75) is 31.7 Å². The maximum Gasteiger partial charge on any atom is 0.193 e. The lowest BCUT2D eigenvalue weighted by molar-refractivity contribution is 0.0529. The number of hydrogen-bond donors (Lipinski definition) is 1. The number of aliphatic imine (C=N–C) groups is 1. The monoisotopic (exact) mass is 541 g/mol. The van der Waals surface area contributed by atoms with Crippen LogP contribution >= 0.6 is 24.0 Å². The molecule has 1 N–H and O–H groups in total. The summed E-state index contributed by atoms with van der Waals surface area (Å²) in [6.07, 6.45) is 1.67. The molecule has 0 aromatic heterocycles. The van der Waals surface area contributed by atoms with Crippen LogP contribution in [0.1, 0.15) is 30.9 Å². The van der Waals surface area contributed by atoms with Gasteiger partial charge in [-0.3, -0.25) is 4.99 Å². The summed E-state index contributed by atoms with van der Waals surface area (Å²) in [5.41, 5.74) is 1.97. The second-order valence-electron chi connectivity index (χ2n) is 7.78. The second-order valence-corrected chi connectivity index (χ2v) is 7.78. The first-order chi connectivity index (χ1) is 14.6. The van der Waals surface area contributed by atoms with Gasteiger partial charge in [0.15, 0.2) is 5.96 Å². The largest absolute Gasteiger partial charge is 0.497 e. The smallest absolute Gasteiger partial charge is 0.193 e. The molecular formula is C24H33FIN3O2. The Morgan fingerprint density at radius 2 is 1.90 bits per heavy atom. The Kier molecular flexibility index (Phi) is 10.0. The lowest BCUT2D eigenvalue weighted by Crippen LogP contribution is -2.41. The third kappa shape index (κ3) is 6.80.